The van der Waals surface area contributed by atoms with Gasteiger partial charge in [-0.3, -0.25) is 0 Å². The van der Waals surface area contributed by atoms with Gasteiger partial charge in [-0.05, 0) is 62.1 Å². The monoisotopic (exact) mass is 526 g/mol. The molecule has 0 saturated carbocycles. The summed E-state index contributed by atoms with van der Waals surface area (Å²) in [7, 11) is -3.83. The predicted molar refractivity (Wildman–Crippen MR) is 149 cm³/mol. The molecule has 1 unspecified atom stereocenters. The Morgan fingerprint density at radius 1 is 0.833 bits per heavy atom. The molecular formula is C30H38O4S2. The number of benzene rings is 3. The number of aryl methyl sites for hydroxylation is 1. The fourth-order valence-electron chi connectivity index (χ4n) is 4.25. The van der Waals surface area contributed by atoms with Gasteiger partial charge in [0, 0.05) is 17.7 Å². The fraction of sp³-hybridized carbons (Fsp3) is 0.400. The molecule has 0 aliphatic carbocycles. The molecule has 0 N–H and O–H groups in total. The highest BCUT2D eigenvalue weighted by Gasteiger charge is 2.20. The Kier molecular flexibility index (Phi) is 12.0. The Balaban J connectivity index is 0.000000275. The predicted octanol–water partition coefficient (Wildman–Crippen LogP) is 6.64. The van der Waals surface area contributed by atoms with Gasteiger partial charge >= 0.3 is 0 Å². The Morgan fingerprint density at radius 2 is 1.42 bits per heavy atom. The molecule has 1 fully saturated rings. The van der Waals surface area contributed by atoms with Crippen LogP contribution in [0.4, 0.5) is 0 Å². The van der Waals surface area contributed by atoms with E-state index in [-0.39, 0.29) is 4.90 Å². The summed E-state index contributed by atoms with van der Waals surface area (Å²) < 4.78 is 36.9. The van der Waals surface area contributed by atoms with Gasteiger partial charge in [0.05, 0.1) is 11.0 Å². The third kappa shape index (κ3) is 10.9. The molecule has 3 aromatic carbocycles. The van der Waals surface area contributed by atoms with E-state index < -0.39 is 10.1 Å². The fourth-order valence-corrected chi connectivity index (χ4v) is 7.05. The van der Waals surface area contributed by atoms with Gasteiger partial charge in [-0.1, -0.05) is 84.8 Å². The van der Waals surface area contributed by atoms with Gasteiger partial charge in [-0.25, -0.2) is 8.42 Å². The summed E-state index contributed by atoms with van der Waals surface area (Å²) in [4.78, 5) is -0.178. The maximum Gasteiger partial charge on any atom is 0.133 e. The van der Waals surface area contributed by atoms with Gasteiger partial charge in [-0.15, -0.1) is 0 Å². The molecule has 4 nitrogen and oxygen atoms in total. The van der Waals surface area contributed by atoms with Gasteiger partial charge in [0.25, 0.3) is 0 Å². The first-order valence-electron chi connectivity index (χ1n) is 12.8. The van der Waals surface area contributed by atoms with Crippen LogP contribution in [0.25, 0.3) is 0 Å². The average Bonchev–Trinajstić information content (AvgIpc) is 3.39. The van der Waals surface area contributed by atoms with Crippen LogP contribution in [0.3, 0.4) is 0 Å². The first-order chi connectivity index (χ1) is 17.4. The molecule has 4 rings (SSSR count). The second-order valence-corrected chi connectivity index (χ2v) is 12.9. The lowest BCUT2D eigenvalue weighted by Crippen LogP contribution is -2.14. The SMILES string of the molecule is Cc1ccc(S(=O)(=O)[O-])cc1.c1ccc(C[S+](CCCCCC2CCCO2)Cc2ccccc2)cc1. The minimum atomic E-state index is -4.27. The second-order valence-electron chi connectivity index (χ2n) is 9.33. The zero-order chi connectivity index (χ0) is 25.6. The number of unbranched alkanes of at least 4 members (excludes halogenated alkanes) is 2. The third-order valence-electron chi connectivity index (χ3n) is 6.22. The van der Waals surface area contributed by atoms with Crippen molar-refractivity contribution in [3.05, 3.63) is 102 Å². The topological polar surface area (TPSA) is 66.4 Å². The van der Waals surface area contributed by atoms with Crippen molar-refractivity contribution in [2.24, 2.45) is 0 Å². The van der Waals surface area contributed by atoms with Crippen LogP contribution in [0.5, 0.6) is 0 Å². The molecule has 3 aromatic rings. The molecule has 1 heterocycles. The maximum atomic E-state index is 10.4. The first-order valence-corrected chi connectivity index (χ1v) is 15.9. The molecule has 1 aliphatic heterocycles. The summed E-state index contributed by atoms with van der Waals surface area (Å²) in [5.41, 5.74) is 3.90. The van der Waals surface area contributed by atoms with Crippen molar-refractivity contribution in [1.82, 2.24) is 0 Å². The van der Waals surface area contributed by atoms with E-state index in [1.165, 1.54) is 79.0 Å². The smallest absolute Gasteiger partial charge is 0.133 e. The van der Waals surface area contributed by atoms with Crippen LogP contribution >= 0.6 is 0 Å². The lowest BCUT2D eigenvalue weighted by Gasteiger charge is -2.11. The summed E-state index contributed by atoms with van der Waals surface area (Å²) in [5, 5.41) is 0. The highest BCUT2D eigenvalue weighted by atomic mass is 32.2. The molecule has 1 saturated heterocycles. The summed E-state index contributed by atoms with van der Waals surface area (Å²) in [6.07, 6.45) is 8.42. The standard InChI is InChI=1S/C23H31OS.C7H8O3S/c1-4-11-21(12-5-1)19-25(20-22-13-6-2-7-14-22)18-9-3-8-15-23-16-10-17-24-23;1-6-2-4-7(5-3-6)11(8,9)10/h1-2,4-7,11-14,23H,3,8-10,15-20H2;2-5H,1H3,(H,8,9,10)/q+1;/p-1. The molecule has 1 atom stereocenters. The minimum absolute atomic E-state index is 0.178. The molecule has 0 spiro atoms. The molecule has 0 bridgehead atoms. The highest BCUT2D eigenvalue weighted by molar-refractivity contribution is 7.95. The van der Waals surface area contributed by atoms with Crippen LogP contribution in [0.1, 0.15) is 55.2 Å². The molecule has 6 heteroatoms. The molecule has 0 amide bonds. The number of hydrogen-bond acceptors (Lipinski definition) is 4. The highest BCUT2D eigenvalue weighted by Crippen LogP contribution is 2.20. The maximum absolute atomic E-state index is 10.4. The Labute approximate surface area is 220 Å². The van der Waals surface area contributed by atoms with E-state index >= 15 is 0 Å². The lowest BCUT2D eigenvalue weighted by molar-refractivity contribution is 0.102. The first kappa shape index (κ1) is 28.5. The van der Waals surface area contributed by atoms with Gasteiger partial charge in [0.2, 0.25) is 0 Å². The van der Waals surface area contributed by atoms with Crippen molar-refractivity contribution in [3.63, 3.8) is 0 Å². The molecule has 1 aliphatic rings. The normalized spacial score (nSPS) is 15.5. The van der Waals surface area contributed by atoms with Crippen molar-refractivity contribution >= 4 is 21.0 Å². The van der Waals surface area contributed by atoms with E-state index in [1.807, 2.05) is 6.92 Å². The largest absolute Gasteiger partial charge is 0.744 e. The molecule has 0 radical (unpaired) electrons. The van der Waals surface area contributed by atoms with Crippen LogP contribution in [0.2, 0.25) is 0 Å². The number of hydrogen-bond donors (Lipinski definition) is 0. The van der Waals surface area contributed by atoms with Gasteiger partial charge in [0.1, 0.15) is 27.4 Å². The summed E-state index contributed by atoms with van der Waals surface area (Å²) in [5.74, 6) is 3.80. The zero-order valence-electron chi connectivity index (χ0n) is 21.2. The van der Waals surface area contributed by atoms with Crippen molar-refractivity contribution < 1.29 is 17.7 Å². The van der Waals surface area contributed by atoms with E-state index in [1.54, 1.807) is 12.1 Å². The van der Waals surface area contributed by atoms with E-state index in [9.17, 15) is 13.0 Å². The third-order valence-corrected chi connectivity index (χ3v) is 9.42. The molecular weight excluding hydrogens is 488 g/mol. The molecule has 194 valence electrons. The zero-order valence-corrected chi connectivity index (χ0v) is 22.8. The summed E-state index contributed by atoms with van der Waals surface area (Å²) >= 11 is 0. The van der Waals surface area contributed by atoms with Crippen molar-refractivity contribution in [2.75, 3.05) is 12.4 Å². The summed E-state index contributed by atoms with van der Waals surface area (Å²) in [6.45, 7) is 2.81. The van der Waals surface area contributed by atoms with E-state index in [0.29, 0.717) is 17.0 Å². The lowest BCUT2D eigenvalue weighted by atomic mass is 10.1. The Bertz CT molecular complexity index is 1050. The van der Waals surface area contributed by atoms with Gasteiger partial charge in [-0.2, -0.15) is 0 Å². The van der Waals surface area contributed by atoms with Crippen LogP contribution < -0.4 is 0 Å². The van der Waals surface area contributed by atoms with Crippen molar-refractivity contribution in [1.29, 1.82) is 0 Å². The number of rotatable bonds is 11. The van der Waals surface area contributed by atoms with Crippen molar-refractivity contribution in [3.8, 4) is 0 Å². The van der Waals surface area contributed by atoms with Gasteiger partial charge in [0.15, 0.2) is 0 Å². The van der Waals surface area contributed by atoms with Crippen LogP contribution in [0.15, 0.2) is 89.8 Å². The average molecular weight is 527 g/mol. The van der Waals surface area contributed by atoms with E-state index in [4.69, 9.17) is 4.74 Å². The van der Waals surface area contributed by atoms with Crippen LogP contribution in [0, 0.1) is 6.92 Å². The van der Waals surface area contributed by atoms with Crippen LogP contribution in [-0.4, -0.2) is 31.4 Å². The Morgan fingerprint density at radius 3 is 1.92 bits per heavy atom. The van der Waals surface area contributed by atoms with Crippen LogP contribution in [-0.2, 0) is 37.3 Å². The summed E-state index contributed by atoms with van der Waals surface area (Å²) in [6, 6.07) is 27.8. The van der Waals surface area contributed by atoms with Crippen molar-refractivity contribution in [2.45, 2.75) is 68.0 Å². The Hall–Kier alpha value is -2.12. The quantitative estimate of drug-likeness (QED) is 0.159. The number of ether oxygens (including phenoxy) is 1. The van der Waals surface area contributed by atoms with E-state index in [2.05, 4.69) is 60.7 Å². The minimum Gasteiger partial charge on any atom is -0.744 e. The van der Waals surface area contributed by atoms with Gasteiger partial charge < -0.3 is 9.29 Å². The molecule has 36 heavy (non-hydrogen) atoms. The molecule has 0 aromatic heterocycles. The second kappa shape index (κ2) is 15.2. The van der Waals surface area contributed by atoms with E-state index in [0.717, 1.165) is 12.2 Å².